The first-order chi connectivity index (χ1) is 12.5. The average Bonchev–Trinajstić information content (AvgIpc) is 3.11. The normalized spacial score (nSPS) is 11.9. The predicted molar refractivity (Wildman–Crippen MR) is 101 cm³/mol. The zero-order valence-electron chi connectivity index (χ0n) is 14.7. The second kappa shape index (κ2) is 8.05. The van der Waals surface area contributed by atoms with Crippen molar-refractivity contribution in [2.24, 2.45) is 0 Å². The van der Waals surface area contributed by atoms with Crippen LogP contribution in [0.5, 0.6) is 0 Å². The van der Waals surface area contributed by atoms with E-state index in [0.29, 0.717) is 17.8 Å². The standard InChI is InChI=1S/C19H20N4O2S/c1-13-9-14(2)23(19(25)21-13)11-18(24)22-17(10-15-6-8-26-12-15)16-5-3-4-7-20-16/h3-9,12,17H,10-11H2,1-2H3,(H,22,24)/t17-/m0/s1. The van der Waals surface area contributed by atoms with Crippen LogP contribution < -0.4 is 11.0 Å². The molecule has 1 atom stereocenters. The molecule has 3 heterocycles. The van der Waals surface area contributed by atoms with Gasteiger partial charge in [-0.25, -0.2) is 4.79 Å². The molecule has 0 unspecified atom stereocenters. The molecule has 3 rings (SSSR count). The van der Waals surface area contributed by atoms with E-state index in [2.05, 4.69) is 20.7 Å². The lowest BCUT2D eigenvalue weighted by Crippen LogP contribution is -2.37. The fourth-order valence-electron chi connectivity index (χ4n) is 2.81. The number of nitrogens with zero attached hydrogens (tertiary/aromatic N) is 3. The summed E-state index contributed by atoms with van der Waals surface area (Å²) >= 11 is 1.62. The summed E-state index contributed by atoms with van der Waals surface area (Å²) in [4.78, 5) is 32.9. The van der Waals surface area contributed by atoms with E-state index in [0.717, 1.165) is 11.3 Å². The van der Waals surface area contributed by atoms with Crippen molar-refractivity contribution in [2.45, 2.75) is 32.9 Å². The second-order valence-electron chi connectivity index (χ2n) is 6.12. The summed E-state index contributed by atoms with van der Waals surface area (Å²) in [7, 11) is 0. The number of pyridine rings is 1. The van der Waals surface area contributed by atoms with Gasteiger partial charge < -0.3 is 5.32 Å². The van der Waals surface area contributed by atoms with Gasteiger partial charge in [-0.2, -0.15) is 16.3 Å². The van der Waals surface area contributed by atoms with Crippen molar-refractivity contribution in [3.8, 4) is 0 Å². The molecule has 134 valence electrons. The van der Waals surface area contributed by atoms with Gasteiger partial charge in [-0.1, -0.05) is 6.07 Å². The van der Waals surface area contributed by atoms with Crippen LogP contribution in [-0.2, 0) is 17.8 Å². The van der Waals surface area contributed by atoms with Crippen LogP contribution in [0.1, 0.15) is 28.7 Å². The van der Waals surface area contributed by atoms with Crippen LogP contribution >= 0.6 is 11.3 Å². The van der Waals surface area contributed by atoms with E-state index >= 15 is 0 Å². The summed E-state index contributed by atoms with van der Waals surface area (Å²) in [5, 5.41) is 7.07. The van der Waals surface area contributed by atoms with Crippen molar-refractivity contribution in [2.75, 3.05) is 0 Å². The maximum atomic E-state index is 12.6. The van der Waals surface area contributed by atoms with Gasteiger partial charge in [0.2, 0.25) is 5.91 Å². The quantitative estimate of drug-likeness (QED) is 0.725. The minimum absolute atomic E-state index is 0.0646. The largest absolute Gasteiger partial charge is 0.348 e. The maximum Gasteiger partial charge on any atom is 0.348 e. The summed E-state index contributed by atoms with van der Waals surface area (Å²) in [6.07, 6.45) is 2.35. The molecule has 1 amide bonds. The molecule has 0 aliphatic rings. The van der Waals surface area contributed by atoms with Gasteiger partial charge in [-0.05, 0) is 60.9 Å². The third-order valence-corrected chi connectivity index (χ3v) is 4.78. The highest BCUT2D eigenvalue weighted by atomic mass is 32.1. The third kappa shape index (κ3) is 4.43. The lowest BCUT2D eigenvalue weighted by Gasteiger charge is -2.19. The smallest absolute Gasteiger partial charge is 0.346 e. The van der Waals surface area contributed by atoms with Gasteiger partial charge in [0.25, 0.3) is 0 Å². The zero-order valence-corrected chi connectivity index (χ0v) is 15.5. The highest BCUT2D eigenvalue weighted by molar-refractivity contribution is 7.07. The Bertz CT molecular complexity index is 936. The molecule has 0 radical (unpaired) electrons. The molecule has 0 saturated carbocycles. The summed E-state index contributed by atoms with van der Waals surface area (Å²) in [6, 6.07) is 9.19. The van der Waals surface area contributed by atoms with E-state index in [4.69, 9.17) is 0 Å². The van der Waals surface area contributed by atoms with Gasteiger partial charge in [-0.3, -0.25) is 14.3 Å². The zero-order chi connectivity index (χ0) is 18.5. The predicted octanol–water partition coefficient (Wildman–Crippen LogP) is 2.42. The Morgan fingerprint density at radius 1 is 1.31 bits per heavy atom. The summed E-state index contributed by atoms with van der Waals surface area (Å²) in [6.45, 7) is 3.49. The van der Waals surface area contributed by atoms with E-state index in [-0.39, 0.29) is 18.5 Å². The van der Waals surface area contributed by atoms with Crippen LogP contribution in [0.3, 0.4) is 0 Å². The first kappa shape index (κ1) is 18.0. The van der Waals surface area contributed by atoms with Gasteiger partial charge in [0, 0.05) is 17.6 Å². The number of carbonyl (C=O) groups excluding carboxylic acids is 1. The molecule has 0 aromatic carbocycles. The fraction of sp³-hybridized carbons (Fsp3) is 0.263. The van der Waals surface area contributed by atoms with Crippen molar-refractivity contribution >= 4 is 17.2 Å². The topological polar surface area (TPSA) is 76.9 Å². The molecule has 0 bridgehead atoms. The Morgan fingerprint density at radius 2 is 2.15 bits per heavy atom. The van der Waals surface area contributed by atoms with Crippen molar-refractivity contribution in [3.05, 3.63) is 80.4 Å². The molecule has 1 N–H and O–H groups in total. The monoisotopic (exact) mass is 368 g/mol. The molecule has 0 aliphatic heterocycles. The SMILES string of the molecule is Cc1cc(C)n(CC(=O)N[C@@H](Cc2ccsc2)c2ccccn2)c(=O)n1. The maximum absolute atomic E-state index is 12.6. The van der Waals surface area contributed by atoms with Crippen LogP contribution in [0.15, 0.2) is 52.1 Å². The van der Waals surface area contributed by atoms with Gasteiger partial charge >= 0.3 is 5.69 Å². The molecular formula is C19H20N4O2S. The summed E-state index contributed by atoms with van der Waals surface area (Å²) in [5.41, 5.74) is 2.87. The fourth-order valence-corrected chi connectivity index (χ4v) is 3.49. The molecule has 7 heteroatoms. The van der Waals surface area contributed by atoms with Crippen molar-refractivity contribution in [1.29, 1.82) is 0 Å². The van der Waals surface area contributed by atoms with Gasteiger partial charge in [0.1, 0.15) is 6.54 Å². The Balaban J connectivity index is 1.78. The van der Waals surface area contributed by atoms with E-state index in [1.807, 2.05) is 29.6 Å². The Hall–Kier alpha value is -2.80. The van der Waals surface area contributed by atoms with Crippen molar-refractivity contribution < 1.29 is 4.79 Å². The third-order valence-electron chi connectivity index (χ3n) is 4.05. The number of rotatable bonds is 6. The average molecular weight is 368 g/mol. The minimum atomic E-state index is -0.412. The first-order valence-electron chi connectivity index (χ1n) is 8.29. The Morgan fingerprint density at radius 3 is 2.81 bits per heavy atom. The van der Waals surface area contributed by atoms with Crippen LogP contribution in [0.2, 0.25) is 0 Å². The van der Waals surface area contributed by atoms with Crippen molar-refractivity contribution in [3.63, 3.8) is 0 Å². The Labute approximate surface area is 155 Å². The second-order valence-corrected chi connectivity index (χ2v) is 6.90. The highest BCUT2D eigenvalue weighted by Crippen LogP contribution is 2.18. The van der Waals surface area contributed by atoms with Crippen molar-refractivity contribution in [1.82, 2.24) is 19.9 Å². The molecule has 3 aromatic rings. The van der Waals surface area contributed by atoms with E-state index in [1.54, 1.807) is 37.4 Å². The first-order valence-corrected chi connectivity index (χ1v) is 9.23. The molecule has 6 nitrogen and oxygen atoms in total. The number of hydrogen-bond donors (Lipinski definition) is 1. The van der Waals surface area contributed by atoms with Crippen LogP contribution in [0, 0.1) is 13.8 Å². The number of carbonyl (C=O) groups is 1. The number of hydrogen-bond acceptors (Lipinski definition) is 5. The van der Waals surface area contributed by atoms with Crippen LogP contribution in [-0.4, -0.2) is 20.4 Å². The number of amides is 1. The molecule has 26 heavy (non-hydrogen) atoms. The number of aromatic nitrogens is 3. The molecule has 0 saturated heterocycles. The number of aryl methyl sites for hydroxylation is 2. The van der Waals surface area contributed by atoms with Crippen LogP contribution in [0.25, 0.3) is 0 Å². The van der Waals surface area contributed by atoms with E-state index in [1.165, 1.54) is 4.57 Å². The summed E-state index contributed by atoms with van der Waals surface area (Å²) < 4.78 is 1.38. The number of thiophene rings is 1. The lowest BCUT2D eigenvalue weighted by molar-refractivity contribution is -0.122. The minimum Gasteiger partial charge on any atom is -0.346 e. The van der Waals surface area contributed by atoms with Crippen LogP contribution in [0.4, 0.5) is 0 Å². The number of nitrogens with one attached hydrogen (secondary N) is 1. The van der Waals surface area contributed by atoms with E-state index < -0.39 is 5.69 Å². The Kier molecular flexibility index (Phi) is 5.58. The molecule has 0 spiro atoms. The lowest BCUT2D eigenvalue weighted by atomic mass is 10.1. The molecule has 0 fully saturated rings. The van der Waals surface area contributed by atoms with Gasteiger partial charge in [0.05, 0.1) is 11.7 Å². The molecular weight excluding hydrogens is 348 g/mol. The van der Waals surface area contributed by atoms with Gasteiger partial charge in [0.15, 0.2) is 0 Å². The van der Waals surface area contributed by atoms with Gasteiger partial charge in [-0.15, -0.1) is 0 Å². The molecule has 3 aromatic heterocycles. The molecule has 0 aliphatic carbocycles. The summed E-state index contributed by atoms with van der Waals surface area (Å²) in [5.74, 6) is -0.244. The van der Waals surface area contributed by atoms with E-state index in [9.17, 15) is 9.59 Å². The highest BCUT2D eigenvalue weighted by Gasteiger charge is 2.18.